The maximum Gasteiger partial charge on any atom is 0.100 e. The molecule has 1 aromatic carbocycles. The van der Waals surface area contributed by atoms with E-state index in [2.05, 4.69) is 39.1 Å². The second-order valence-corrected chi connectivity index (χ2v) is 5.82. The fourth-order valence-corrected chi connectivity index (χ4v) is 3.01. The lowest BCUT2D eigenvalue weighted by Crippen LogP contribution is -2.43. The van der Waals surface area contributed by atoms with Crippen LogP contribution in [0.2, 0.25) is 0 Å². The third kappa shape index (κ3) is 3.71. The highest BCUT2D eigenvalue weighted by atomic mass is 79.9. The van der Waals surface area contributed by atoms with Crippen molar-refractivity contribution in [3.05, 3.63) is 28.2 Å². The molecule has 0 aliphatic carbocycles. The van der Waals surface area contributed by atoms with E-state index in [0.717, 1.165) is 24.1 Å². The molecule has 0 radical (unpaired) electrons. The highest BCUT2D eigenvalue weighted by Crippen LogP contribution is 2.24. The van der Waals surface area contributed by atoms with Crippen molar-refractivity contribution < 1.29 is 0 Å². The molecule has 4 heteroatoms. The molecule has 1 N–H and O–H groups in total. The minimum absolute atomic E-state index is 0.586. The predicted octanol–water partition coefficient (Wildman–Crippen LogP) is 3.29. The molecule has 0 amide bonds. The van der Waals surface area contributed by atoms with Gasteiger partial charge in [0.1, 0.15) is 6.07 Å². The summed E-state index contributed by atoms with van der Waals surface area (Å²) in [5.41, 5.74) is 1.87. The van der Waals surface area contributed by atoms with E-state index >= 15 is 0 Å². The molecule has 3 nitrogen and oxygen atoms in total. The molecule has 0 bridgehead atoms. The number of nitriles is 1. The van der Waals surface area contributed by atoms with Gasteiger partial charge in [0.05, 0.1) is 5.56 Å². The molecular formula is C15H20BrN3. The molecule has 2 rings (SSSR count). The summed E-state index contributed by atoms with van der Waals surface area (Å²) in [5.74, 6) is 0. The first kappa shape index (κ1) is 14.4. The molecule has 1 aliphatic rings. The molecule has 19 heavy (non-hydrogen) atoms. The van der Waals surface area contributed by atoms with Crippen molar-refractivity contribution >= 4 is 21.6 Å². The molecule has 1 aliphatic heterocycles. The summed E-state index contributed by atoms with van der Waals surface area (Å²) >= 11 is 3.47. The van der Waals surface area contributed by atoms with Gasteiger partial charge in [-0.25, -0.2) is 0 Å². The Balaban J connectivity index is 2.08. The van der Waals surface area contributed by atoms with Crippen LogP contribution in [0.15, 0.2) is 22.7 Å². The number of likely N-dealkylation sites (N-methyl/N-ethyl adjacent to an activating group) is 1. The molecule has 1 heterocycles. The van der Waals surface area contributed by atoms with Crippen molar-refractivity contribution in [3.8, 4) is 6.07 Å². The third-order valence-electron chi connectivity index (χ3n) is 3.67. The lowest BCUT2D eigenvalue weighted by molar-refractivity contribution is 0.400. The van der Waals surface area contributed by atoms with Gasteiger partial charge in [-0.15, -0.1) is 0 Å². The Hall–Kier alpha value is -1.05. The number of rotatable bonds is 4. The van der Waals surface area contributed by atoms with Gasteiger partial charge in [0, 0.05) is 29.3 Å². The van der Waals surface area contributed by atoms with Crippen LogP contribution in [0.5, 0.6) is 0 Å². The first-order valence-electron chi connectivity index (χ1n) is 6.92. The van der Waals surface area contributed by atoms with Gasteiger partial charge >= 0.3 is 0 Å². The van der Waals surface area contributed by atoms with Crippen molar-refractivity contribution in [2.24, 2.45) is 0 Å². The van der Waals surface area contributed by atoms with Gasteiger partial charge < -0.3 is 10.2 Å². The van der Waals surface area contributed by atoms with E-state index < -0.39 is 0 Å². The van der Waals surface area contributed by atoms with Crippen molar-refractivity contribution in [2.45, 2.75) is 32.2 Å². The van der Waals surface area contributed by atoms with Gasteiger partial charge in [-0.2, -0.15) is 5.26 Å². The highest BCUT2D eigenvalue weighted by molar-refractivity contribution is 9.10. The molecule has 0 saturated carbocycles. The van der Waals surface area contributed by atoms with Gasteiger partial charge in [-0.3, -0.25) is 0 Å². The second-order valence-electron chi connectivity index (χ2n) is 4.96. The maximum absolute atomic E-state index is 8.96. The Kier molecular flexibility index (Phi) is 5.24. The first-order chi connectivity index (χ1) is 9.24. The SMILES string of the molecule is CCN(CC1CCCCN1)c1ccc(C#N)c(Br)c1. The van der Waals surface area contributed by atoms with Crippen LogP contribution in [0, 0.1) is 11.3 Å². The molecule has 0 spiro atoms. The minimum Gasteiger partial charge on any atom is -0.370 e. The van der Waals surface area contributed by atoms with E-state index in [1.165, 1.54) is 24.9 Å². The molecule has 1 unspecified atom stereocenters. The van der Waals surface area contributed by atoms with E-state index in [1.807, 2.05) is 18.2 Å². The van der Waals surface area contributed by atoms with Gasteiger partial charge in [0.15, 0.2) is 0 Å². The second kappa shape index (κ2) is 6.93. The molecule has 1 aromatic rings. The minimum atomic E-state index is 0.586. The molecular weight excluding hydrogens is 302 g/mol. The number of piperidine rings is 1. The summed E-state index contributed by atoms with van der Waals surface area (Å²) in [7, 11) is 0. The van der Waals surface area contributed by atoms with Crippen molar-refractivity contribution in [1.82, 2.24) is 5.32 Å². The van der Waals surface area contributed by atoms with Gasteiger partial charge in [0.2, 0.25) is 0 Å². The largest absolute Gasteiger partial charge is 0.370 e. The number of hydrogen-bond acceptors (Lipinski definition) is 3. The van der Waals surface area contributed by atoms with Crippen LogP contribution < -0.4 is 10.2 Å². The molecule has 102 valence electrons. The summed E-state index contributed by atoms with van der Waals surface area (Å²) in [6, 6.07) is 8.74. The fraction of sp³-hybridized carbons (Fsp3) is 0.533. The lowest BCUT2D eigenvalue weighted by atomic mass is 10.0. The van der Waals surface area contributed by atoms with E-state index in [9.17, 15) is 0 Å². The number of halogens is 1. The van der Waals surface area contributed by atoms with E-state index in [4.69, 9.17) is 5.26 Å². The number of nitrogens with one attached hydrogen (secondary N) is 1. The Bertz CT molecular complexity index is 461. The Morgan fingerprint density at radius 3 is 2.89 bits per heavy atom. The van der Waals surface area contributed by atoms with Crippen LogP contribution >= 0.6 is 15.9 Å². The van der Waals surface area contributed by atoms with Crippen LogP contribution in [0.1, 0.15) is 31.7 Å². The zero-order valence-corrected chi connectivity index (χ0v) is 12.9. The smallest absolute Gasteiger partial charge is 0.100 e. The number of benzene rings is 1. The lowest BCUT2D eigenvalue weighted by Gasteiger charge is -2.31. The summed E-state index contributed by atoms with van der Waals surface area (Å²) in [5, 5.41) is 12.5. The standard InChI is InChI=1S/C15H20BrN3/c1-2-19(11-13-5-3-4-8-18-13)14-7-6-12(10-17)15(16)9-14/h6-7,9,13,18H,2-5,8,11H2,1H3. The van der Waals surface area contributed by atoms with E-state index in [0.29, 0.717) is 11.6 Å². The normalized spacial score (nSPS) is 18.9. The Labute approximate surface area is 123 Å². The van der Waals surface area contributed by atoms with Gasteiger partial charge in [0.25, 0.3) is 0 Å². The van der Waals surface area contributed by atoms with Crippen LogP contribution in [-0.4, -0.2) is 25.7 Å². The molecule has 0 aromatic heterocycles. The monoisotopic (exact) mass is 321 g/mol. The predicted molar refractivity (Wildman–Crippen MR) is 82.4 cm³/mol. The number of hydrogen-bond donors (Lipinski definition) is 1. The number of nitrogens with zero attached hydrogens (tertiary/aromatic N) is 2. The summed E-state index contributed by atoms with van der Waals surface area (Å²) < 4.78 is 0.877. The van der Waals surface area contributed by atoms with Crippen molar-refractivity contribution in [1.29, 1.82) is 5.26 Å². The highest BCUT2D eigenvalue weighted by Gasteiger charge is 2.16. The van der Waals surface area contributed by atoms with Gasteiger partial charge in [-0.1, -0.05) is 6.42 Å². The summed E-state index contributed by atoms with van der Waals surface area (Å²) in [6.07, 6.45) is 3.88. The summed E-state index contributed by atoms with van der Waals surface area (Å²) in [4.78, 5) is 2.37. The van der Waals surface area contributed by atoms with E-state index in [-0.39, 0.29) is 0 Å². The topological polar surface area (TPSA) is 39.1 Å². The zero-order chi connectivity index (χ0) is 13.7. The molecule has 1 fully saturated rings. The Morgan fingerprint density at radius 1 is 1.47 bits per heavy atom. The quantitative estimate of drug-likeness (QED) is 0.924. The van der Waals surface area contributed by atoms with Crippen LogP contribution in [0.25, 0.3) is 0 Å². The average molecular weight is 322 g/mol. The van der Waals surface area contributed by atoms with Crippen molar-refractivity contribution in [2.75, 3.05) is 24.5 Å². The average Bonchev–Trinajstić information content (AvgIpc) is 2.46. The van der Waals surface area contributed by atoms with Crippen molar-refractivity contribution in [3.63, 3.8) is 0 Å². The zero-order valence-electron chi connectivity index (χ0n) is 11.3. The number of anilines is 1. The van der Waals surface area contributed by atoms with Crippen LogP contribution in [0.4, 0.5) is 5.69 Å². The summed E-state index contributed by atoms with van der Waals surface area (Å²) in [6.45, 7) is 5.33. The third-order valence-corrected chi connectivity index (χ3v) is 4.33. The maximum atomic E-state index is 8.96. The molecule has 1 atom stereocenters. The first-order valence-corrected chi connectivity index (χ1v) is 7.72. The van der Waals surface area contributed by atoms with Crippen LogP contribution in [-0.2, 0) is 0 Å². The molecule has 1 saturated heterocycles. The van der Waals surface area contributed by atoms with E-state index in [1.54, 1.807) is 0 Å². The van der Waals surface area contributed by atoms with Crippen LogP contribution in [0.3, 0.4) is 0 Å². The van der Waals surface area contributed by atoms with Gasteiger partial charge in [-0.05, 0) is 60.4 Å². The fourth-order valence-electron chi connectivity index (χ4n) is 2.55. The Morgan fingerprint density at radius 2 is 2.32 bits per heavy atom.